The largest absolute Gasteiger partial charge is 0.465 e. The maximum absolute atomic E-state index is 11.6. The highest BCUT2D eigenvalue weighted by atomic mass is 32.1. The average molecular weight is 268 g/mol. The average Bonchev–Trinajstić information content (AvgIpc) is 3.02. The van der Waals surface area contributed by atoms with Crippen molar-refractivity contribution in [1.29, 1.82) is 0 Å². The monoisotopic (exact) mass is 268 g/mol. The molecule has 2 aromatic heterocycles. The Morgan fingerprint density at radius 3 is 2.94 bits per heavy atom. The summed E-state index contributed by atoms with van der Waals surface area (Å²) < 4.78 is 5.73. The molecule has 17 heavy (non-hydrogen) atoms. The van der Waals surface area contributed by atoms with Gasteiger partial charge >= 0.3 is 5.97 Å². The van der Waals surface area contributed by atoms with E-state index in [-0.39, 0.29) is 5.97 Å². The van der Waals surface area contributed by atoms with Crippen LogP contribution < -0.4 is 4.90 Å². The van der Waals surface area contributed by atoms with Gasteiger partial charge in [0.2, 0.25) is 0 Å². The molecule has 0 N–H and O–H groups in total. The second-order valence-corrected chi connectivity index (χ2v) is 5.80. The summed E-state index contributed by atoms with van der Waals surface area (Å²) in [4.78, 5) is 19.4. The highest BCUT2D eigenvalue weighted by Gasteiger charge is 2.21. The van der Waals surface area contributed by atoms with Gasteiger partial charge in [0.15, 0.2) is 5.13 Å². The molecule has 0 atom stereocenters. The lowest BCUT2D eigenvalue weighted by Gasteiger charge is -2.11. The van der Waals surface area contributed by atoms with Gasteiger partial charge in [-0.2, -0.15) is 0 Å². The highest BCUT2D eigenvalue weighted by Crippen LogP contribution is 2.36. The number of thiophene rings is 1. The third-order valence-electron chi connectivity index (χ3n) is 2.90. The van der Waals surface area contributed by atoms with E-state index in [4.69, 9.17) is 4.74 Å². The van der Waals surface area contributed by atoms with Crippen LogP contribution in [0.1, 0.15) is 23.2 Å². The number of aromatic nitrogens is 1. The Labute approximate surface area is 107 Å². The van der Waals surface area contributed by atoms with Crippen LogP contribution in [0, 0.1) is 0 Å². The van der Waals surface area contributed by atoms with Crippen LogP contribution in [0.5, 0.6) is 0 Å². The van der Waals surface area contributed by atoms with E-state index < -0.39 is 0 Å². The zero-order valence-corrected chi connectivity index (χ0v) is 11.1. The van der Waals surface area contributed by atoms with Crippen LogP contribution in [0.2, 0.25) is 0 Å². The predicted octanol–water partition coefficient (Wildman–Crippen LogP) is 2.74. The summed E-state index contributed by atoms with van der Waals surface area (Å²) in [6, 6.07) is 0. The van der Waals surface area contributed by atoms with Gasteiger partial charge in [-0.05, 0) is 12.8 Å². The minimum Gasteiger partial charge on any atom is -0.465 e. The van der Waals surface area contributed by atoms with Crippen molar-refractivity contribution in [1.82, 2.24) is 4.98 Å². The van der Waals surface area contributed by atoms with Crippen LogP contribution in [0.3, 0.4) is 0 Å². The molecule has 4 nitrogen and oxygen atoms in total. The third kappa shape index (κ3) is 1.81. The minimum atomic E-state index is -0.270. The molecule has 1 aliphatic heterocycles. The molecular weight excluding hydrogens is 256 g/mol. The lowest BCUT2D eigenvalue weighted by atomic mass is 10.3. The number of carbonyl (C=O) groups is 1. The Bertz CT molecular complexity index is 555. The predicted molar refractivity (Wildman–Crippen MR) is 70.3 cm³/mol. The van der Waals surface area contributed by atoms with E-state index in [1.165, 1.54) is 31.3 Å². The summed E-state index contributed by atoms with van der Waals surface area (Å²) in [5, 5.41) is 2.86. The molecule has 0 radical (unpaired) electrons. The van der Waals surface area contributed by atoms with Crippen molar-refractivity contribution in [3.63, 3.8) is 0 Å². The van der Waals surface area contributed by atoms with Gasteiger partial charge in [-0.3, -0.25) is 0 Å². The first kappa shape index (κ1) is 11.0. The van der Waals surface area contributed by atoms with Crippen molar-refractivity contribution >= 4 is 43.3 Å². The number of ether oxygens (including phenoxy) is 1. The number of methoxy groups -OCH3 is 1. The minimum absolute atomic E-state index is 0.270. The van der Waals surface area contributed by atoms with Crippen LogP contribution in [0.25, 0.3) is 9.53 Å². The Kier molecular flexibility index (Phi) is 2.76. The molecular formula is C11H12N2O2S2. The molecule has 0 bridgehead atoms. The lowest BCUT2D eigenvalue weighted by Crippen LogP contribution is -2.16. The topological polar surface area (TPSA) is 42.4 Å². The molecule has 3 heterocycles. The fraction of sp³-hybridized carbons (Fsp3) is 0.455. The van der Waals surface area contributed by atoms with Crippen LogP contribution in [0.15, 0.2) is 5.38 Å². The quantitative estimate of drug-likeness (QED) is 0.785. The maximum Gasteiger partial charge on any atom is 0.340 e. The van der Waals surface area contributed by atoms with Gasteiger partial charge in [0.25, 0.3) is 0 Å². The lowest BCUT2D eigenvalue weighted by molar-refractivity contribution is 0.0603. The van der Waals surface area contributed by atoms with Crippen LogP contribution in [-0.4, -0.2) is 31.2 Å². The Hall–Kier alpha value is -1.14. The van der Waals surface area contributed by atoms with Gasteiger partial charge in [0, 0.05) is 18.5 Å². The molecule has 0 unspecified atom stereocenters. The number of fused-ring (bicyclic) bond motifs is 1. The van der Waals surface area contributed by atoms with Gasteiger partial charge in [-0.1, -0.05) is 11.3 Å². The molecule has 1 aliphatic rings. The van der Waals surface area contributed by atoms with E-state index in [2.05, 4.69) is 9.88 Å². The molecule has 1 fully saturated rings. The number of hydrogen-bond donors (Lipinski definition) is 0. The van der Waals surface area contributed by atoms with Crippen LogP contribution in [0.4, 0.5) is 5.13 Å². The van der Waals surface area contributed by atoms with Gasteiger partial charge < -0.3 is 9.64 Å². The van der Waals surface area contributed by atoms with E-state index in [1.807, 2.05) is 5.38 Å². The number of thiazole rings is 1. The maximum atomic E-state index is 11.6. The van der Waals surface area contributed by atoms with Crippen molar-refractivity contribution in [3.05, 3.63) is 10.9 Å². The summed E-state index contributed by atoms with van der Waals surface area (Å²) in [5.41, 5.74) is 0.649. The second kappa shape index (κ2) is 4.27. The molecule has 0 aromatic carbocycles. The summed E-state index contributed by atoms with van der Waals surface area (Å²) in [5.74, 6) is -0.270. The molecule has 0 saturated carbocycles. The highest BCUT2D eigenvalue weighted by molar-refractivity contribution is 7.28. The summed E-state index contributed by atoms with van der Waals surface area (Å²) in [6.07, 6.45) is 2.47. The fourth-order valence-corrected chi connectivity index (χ4v) is 4.23. The van der Waals surface area contributed by atoms with E-state index in [0.29, 0.717) is 5.56 Å². The third-order valence-corrected chi connectivity index (χ3v) is 5.05. The standard InChI is InChI=1S/C11H12N2O2S2/c1-15-10(14)7-6-16-9-8(7)17-11(12-9)13-4-2-3-5-13/h6H,2-5H2,1H3. The molecule has 2 aromatic rings. The normalized spacial score (nSPS) is 15.7. The smallest absolute Gasteiger partial charge is 0.340 e. The van der Waals surface area contributed by atoms with Gasteiger partial charge in [-0.25, -0.2) is 9.78 Å². The van der Waals surface area contributed by atoms with E-state index in [1.54, 1.807) is 11.3 Å². The summed E-state index contributed by atoms with van der Waals surface area (Å²) in [7, 11) is 1.41. The fourth-order valence-electron chi connectivity index (χ4n) is 2.01. The molecule has 90 valence electrons. The van der Waals surface area contributed by atoms with Gasteiger partial charge in [0.1, 0.15) is 4.83 Å². The zero-order chi connectivity index (χ0) is 11.8. The molecule has 0 spiro atoms. The number of hydrogen-bond acceptors (Lipinski definition) is 6. The van der Waals surface area contributed by atoms with Gasteiger partial charge in [0.05, 0.1) is 17.4 Å². The number of nitrogens with zero attached hydrogens (tertiary/aromatic N) is 2. The Morgan fingerprint density at radius 2 is 2.24 bits per heavy atom. The summed E-state index contributed by atoms with van der Waals surface area (Å²) in [6.45, 7) is 2.16. The van der Waals surface area contributed by atoms with Crippen molar-refractivity contribution in [2.24, 2.45) is 0 Å². The van der Waals surface area contributed by atoms with Crippen molar-refractivity contribution in [2.45, 2.75) is 12.8 Å². The van der Waals surface area contributed by atoms with Crippen LogP contribution >= 0.6 is 22.7 Å². The van der Waals surface area contributed by atoms with E-state index in [0.717, 1.165) is 27.8 Å². The Morgan fingerprint density at radius 1 is 1.47 bits per heavy atom. The van der Waals surface area contributed by atoms with Crippen molar-refractivity contribution < 1.29 is 9.53 Å². The molecule has 0 amide bonds. The second-order valence-electron chi connectivity index (χ2n) is 3.97. The zero-order valence-electron chi connectivity index (χ0n) is 9.43. The molecule has 0 aliphatic carbocycles. The van der Waals surface area contributed by atoms with Crippen LogP contribution in [-0.2, 0) is 4.74 Å². The SMILES string of the molecule is COC(=O)c1csc2nc(N3CCCC3)sc12. The van der Waals surface area contributed by atoms with Crippen molar-refractivity contribution in [2.75, 3.05) is 25.1 Å². The molecule has 3 rings (SSSR count). The number of carbonyl (C=O) groups excluding carboxylic acids is 1. The summed E-state index contributed by atoms with van der Waals surface area (Å²) >= 11 is 3.10. The Balaban J connectivity index is 2.01. The molecule has 1 saturated heterocycles. The van der Waals surface area contributed by atoms with E-state index in [9.17, 15) is 4.79 Å². The first-order chi connectivity index (χ1) is 8.29. The van der Waals surface area contributed by atoms with Crippen molar-refractivity contribution in [3.8, 4) is 0 Å². The first-order valence-corrected chi connectivity index (χ1v) is 7.20. The molecule has 6 heteroatoms. The number of esters is 1. The number of rotatable bonds is 2. The first-order valence-electron chi connectivity index (χ1n) is 5.51. The van der Waals surface area contributed by atoms with E-state index >= 15 is 0 Å². The van der Waals surface area contributed by atoms with Gasteiger partial charge in [-0.15, -0.1) is 11.3 Å². The number of anilines is 1.